The van der Waals surface area contributed by atoms with Gasteiger partial charge in [0.15, 0.2) is 0 Å². The number of benzene rings is 1. The van der Waals surface area contributed by atoms with Crippen molar-refractivity contribution in [2.24, 2.45) is 0 Å². The Balaban J connectivity index is 1.61. The second kappa shape index (κ2) is 5.19. The lowest BCUT2D eigenvalue weighted by Crippen LogP contribution is -2.39. The third kappa shape index (κ3) is 2.23. The van der Waals surface area contributed by atoms with E-state index in [9.17, 15) is 4.79 Å². The van der Waals surface area contributed by atoms with E-state index in [4.69, 9.17) is 0 Å². The summed E-state index contributed by atoms with van der Waals surface area (Å²) in [6, 6.07) is 8.61. The van der Waals surface area contributed by atoms with Crippen LogP contribution < -0.4 is 0 Å². The molecule has 2 saturated heterocycles. The highest BCUT2D eigenvalue weighted by Gasteiger charge is 2.31. The van der Waals surface area contributed by atoms with Crippen LogP contribution in [0.2, 0.25) is 0 Å². The molecule has 0 bridgehead atoms. The number of nitrogens with zero attached hydrogens (tertiary/aromatic N) is 2. The van der Waals surface area contributed by atoms with E-state index in [0.717, 1.165) is 42.5 Å². The average Bonchev–Trinajstić information content (AvgIpc) is 3.08. The number of hydrogen-bond acceptors (Lipinski definition) is 2. The predicted molar refractivity (Wildman–Crippen MR) is 83.4 cm³/mol. The highest BCUT2D eigenvalue weighted by molar-refractivity contribution is 6.06. The molecule has 2 fully saturated rings. The smallest absolute Gasteiger partial charge is 0.256 e. The van der Waals surface area contributed by atoms with Crippen LogP contribution in [0.15, 0.2) is 30.5 Å². The molecule has 4 heteroatoms. The number of aromatic amines is 1. The van der Waals surface area contributed by atoms with Gasteiger partial charge in [-0.2, -0.15) is 0 Å². The third-order valence-electron chi connectivity index (χ3n) is 4.91. The van der Waals surface area contributed by atoms with Crippen LogP contribution in [0.25, 0.3) is 10.9 Å². The highest BCUT2D eigenvalue weighted by atomic mass is 16.2. The molecule has 2 aliphatic heterocycles. The van der Waals surface area contributed by atoms with Gasteiger partial charge in [0.05, 0.1) is 5.56 Å². The second-order valence-corrected chi connectivity index (χ2v) is 6.18. The van der Waals surface area contributed by atoms with Gasteiger partial charge in [0.2, 0.25) is 0 Å². The van der Waals surface area contributed by atoms with Crippen molar-refractivity contribution in [3.63, 3.8) is 0 Å². The summed E-state index contributed by atoms with van der Waals surface area (Å²) in [7, 11) is 0. The standard InChI is InChI=1S/C17H21N3O/c21-17(15-11-18-16-7-2-1-6-14(15)16)20-10-4-9-19-8-3-5-13(19)12-20/h1-2,6-7,11,13,18H,3-5,8-10,12H2. The minimum atomic E-state index is 0.182. The van der Waals surface area contributed by atoms with Crippen LogP contribution in [0.3, 0.4) is 0 Å². The van der Waals surface area contributed by atoms with E-state index in [1.165, 1.54) is 19.4 Å². The average molecular weight is 283 g/mol. The summed E-state index contributed by atoms with van der Waals surface area (Å²) in [5.41, 5.74) is 1.86. The molecule has 0 aliphatic carbocycles. The highest BCUT2D eigenvalue weighted by Crippen LogP contribution is 2.24. The Kier molecular flexibility index (Phi) is 3.19. The molecule has 1 amide bonds. The molecule has 1 unspecified atom stereocenters. The summed E-state index contributed by atoms with van der Waals surface area (Å²) in [4.78, 5) is 20.7. The maximum Gasteiger partial charge on any atom is 0.256 e. The first-order valence-electron chi connectivity index (χ1n) is 7.92. The molecule has 1 atom stereocenters. The lowest BCUT2D eigenvalue weighted by molar-refractivity contribution is 0.0745. The lowest BCUT2D eigenvalue weighted by Gasteiger charge is -2.25. The molecular weight excluding hydrogens is 262 g/mol. The number of hydrogen-bond donors (Lipinski definition) is 1. The maximum atomic E-state index is 12.9. The van der Waals surface area contributed by atoms with E-state index >= 15 is 0 Å². The van der Waals surface area contributed by atoms with E-state index in [-0.39, 0.29) is 5.91 Å². The van der Waals surface area contributed by atoms with E-state index in [2.05, 4.69) is 14.8 Å². The summed E-state index contributed by atoms with van der Waals surface area (Å²) in [6.45, 7) is 4.12. The molecule has 1 aromatic carbocycles. The Bertz CT molecular complexity index is 663. The second-order valence-electron chi connectivity index (χ2n) is 6.18. The topological polar surface area (TPSA) is 39.3 Å². The summed E-state index contributed by atoms with van der Waals surface area (Å²) in [5, 5.41) is 1.04. The van der Waals surface area contributed by atoms with Gasteiger partial charge >= 0.3 is 0 Å². The molecule has 1 aromatic heterocycles. The van der Waals surface area contributed by atoms with Gasteiger partial charge in [-0.1, -0.05) is 18.2 Å². The van der Waals surface area contributed by atoms with Crippen LogP contribution in [0.4, 0.5) is 0 Å². The number of nitrogens with one attached hydrogen (secondary N) is 1. The minimum absolute atomic E-state index is 0.182. The van der Waals surface area contributed by atoms with Gasteiger partial charge in [0, 0.05) is 42.8 Å². The number of aromatic nitrogens is 1. The normalized spacial score (nSPS) is 23.2. The summed E-state index contributed by atoms with van der Waals surface area (Å²) < 4.78 is 0. The van der Waals surface area contributed by atoms with Crippen LogP contribution in [0.5, 0.6) is 0 Å². The van der Waals surface area contributed by atoms with Gasteiger partial charge in [-0.3, -0.25) is 9.69 Å². The van der Waals surface area contributed by atoms with Gasteiger partial charge in [-0.05, 0) is 31.9 Å². The van der Waals surface area contributed by atoms with Crippen molar-refractivity contribution in [3.05, 3.63) is 36.0 Å². The summed E-state index contributed by atoms with van der Waals surface area (Å²) >= 11 is 0. The first-order valence-corrected chi connectivity index (χ1v) is 7.92. The van der Waals surface area contributed by atoms with Crippen molar-refractivity contribution in [1.82, 2.24) is 14.8 Å². The Hall–Kier alpha value is -1.81. The SMILES string of the molecule is O=C(c1c[nH]c2ccccc12)N1CCCN2CCCC2C1. The fraction of sp³-hybridized carbons (Fsp3) is 0.471. The van der Waals surface area contributed by atoms with Crippen LogP contribution in [0, 0.1) is 0 Å². The number of para-hydroxylation sites is 1. The molecule has 3 heterocycles. The van der Waals surface area contributed by atoms with Crippen molar-refractivity contribution >= 4 is 16.8 Å². The Morgan fingerprint density at radius 2 is 2.00 bits per heavy atom. The summed E-state index contributed by atoms with van der Waals surface area (Å²) in [5.74, 6) is 0.182. The molecule has 21 heavy (non-hydrogen) atoms. The maximum absolute atomic E-state index is 12.9. The zero-order valence-electron chi connectivity index (χ0n) is 12.2. The van der Waals surface area contributed by atoms with Crippen molar-refractivity contribution in [2.45, 2.75) is 25.3 Å². The number of carbonyl (C=O) groups excluding carboxylic acids is 1. The largest absolute Gasteiger partial charge is 0.360 e. The minimum Gasteiger partial charge on any atom is -0.360 e. The molecular formula is C17H21N3O. The van der Waals surface area contributed by atoms with Gasteiger partial charge in [-0.15, -0.1) is 0 Å². The van der Waals surface area contributed by atoms with Gasteiger partial charge in [0.1, 0.15) is 0 Å². The number of carbonyl (C=O) groups is 1. The van der Waals surface area contributed by atoms with Crippen molar-refractivity contribution in [1.29, 1.82) is 0 Å². The van der Waals surface area contributed by atoms with Crippen molar-refractivity contribution in [3.8, 4) is 0 Å². The number of amides is 1. The molecule has 110 valence electrons. The van der Waals surface area contributed by atoms with Crippen LogP contribution in [0.1, 0.15) is 29.6 Å². The number of rotatable bonds is 1. The van der Waals surface area contributed by atoms with Crippen molar-refractivity contribution < 1.29 is 4.79 Å². The monoisotopic (exact) mass is 283 g/mol. The first-order chi connectivity index (χ1) is 10.3. The molecule has 0 saturated carbocycles. The van der Waals surface area contributed by atoms with Gasteiger partial charge in [0.25, 0.3) is 5.91 Å². The van der Waals surface area contributed by atoms with Gasteiger partial charge in [-0.25, -0.2) is 0 Å². The Morgan fingerprint density at radius 1 is 1.14 bits per heavy atom. The van der Waals surface area contributed by atoms with Crippen LogP contribution >= 0.6 is 0 Å². The molecule has 2 aromatic rings. The fourth-order valence-corrected chi connectivity index (χ4v) is 3.81. The van der Waals surface area contributed by atoms with E-state index < -0.39 is 0 Å². The molecule has 4 rings (SSSR count). The number of fused-ring (bicyclic) bond motifs is 2. The van der Waals surface area contributed by atoms with Crippen LogP contribution in [-0.2, 0) is 0 Å². The van der Waals surface area contributed by atoms with E-state index in [1.54, 1.807) is 0 Å². The molecule has 4 nitrogen and oxygen atoms in total. The van der Waals surface area contributed by atoms with E-state index in [1.807, 2.05) is 30.5 Å². The molecule has 1 N–H and O–H groups in total. The van der Waals surface area contributed by atoms with Crippen LogP contribution in [-0.4, -0.2) is 52.9 Å². The Labute approximate surface area is 124 Å². The zero-order chi connectivity index (χ0) is 14.2. The quantitative estimate of drug-likeness (QED) is 0.873. The van der Waals surface area contributed by atoms with Crippen molar-refractivity contribution in [2.75, 3.05) is 26.2 Å². The molecule has 2 aliphatic rings. The van der Waals surface area contributed by atoms with Gasteiger partial charge < -0.3 is 9.88 Å². The fourth-order valence-electron chi connectivity index (χ4n) is 3.81. The molecule has 0 spiro atoms. The lowest BCUT2D eigenvalue weighted by atomic mass is 10.1. The van der Waals surface area contributed by atoms with E-state index in [0.29, 0.717) is 6.04 Å². The first kappa shape index (κ1) is 12.9. The Morgan fingerprint density at radius 3 is 2.95 bits per heavy atom. The predicted octanol–water partition coefficient (Wildman–Crippen LogP) is 2.48. The summed E-state index contributed by atoms with van der Waals surface area (Å²) in [6.07, 6.45) is 5.46. The third-order valence-corrected chi connectivity index (χ3v) is 4.91. The zero-order valence-corrected chi connectivity index (χ0v) is 12.2. The molecule has 0 radical (unpaired) electrons. The number of H-pyrrole nitrogens is 1.